The molecule has 0 bridgehead atoms. The highest BCUT2D eigenvalue weighted by atomic mass is 19.2. The summed E-state index contributed by atoms with van der Waals surface area (Å²) in [6.07, 6.45) is 0.899. The van der Waals surface area contributed by atoms with Gasteiger partial charge in [-0.15, -0.1) is 0 Å². The molecular weight excluding hydrogens is 462 g/mol. The Morgan fingerprint density at radius 3 is 1.21 bits per heavy atom. The Balaban J connectivity index is 2.24. The van der Waals surface area contributed by atoms with Crippen LogP contribution in [0.2, 0.25) is 0 Å². The first-order valence-electron chi connectivity index (χ1n) is 10.4. The van der Waals surface area contributed by atoms with Gasteiger partial charge in [0, 0.05) is 17.2 Å². The molecule has 0 fully saturated rings. The zero-order valence-corrected chi connectivity index (χ0v) is 17.9. The van der Waals surface area contributed by atoms with E-state index in [-0.39, 0.29) is 47.0 Å². The minimum Gasteiger partial charge on any atom is -0.493 e. The number of nitrogens with two attached hydrogens (primary N) is 2. The molecule has 0 aromatic heterocycles. The zero-order valence-electron chi connectivity index (χ0n) is 17.9. The van der Waals surface area contributed by atoms with Crippen LogP contribution in [-0.4, -0.2) is 26.3 Å². The van der Waals surface area contributed by atoms with Crippen molar-refractivity contribution >= 4 is 0 Å². The summed E-state index contributed by atoms with van der Waals surface area (Å²) in [5.41, 5.74) is 11.0. The maximum absolute atomic E-state index is 14.0. The third-order valence-electron chi connectivity index (χ3n) is 4.88. The van der Waals surface area contributed by atoms with Gasteiger partial charge in [-0.3, -0.25) is 0 Å². The third-order valence-corrected chi connectivity index (χ3v) is 4.88. The zero-order chi connectivity index (χ0) is 24.8. The van der Waals surface area contributed by atoms with Gasteiger partial charge >= 0.3 is 0 Å². The van der Waals surface area contributed by atoms with E-state index >= 15 is 0 Å². The first kappa shape index (κ1) is 25.4. The second-order valence-corrected chi connectivity index (χ2v) is 7.33. The summed E-state index contributed by atoms with van der Waals surface area (Å²) in [6.45, 7) is 0.885. The van der Waals surface area contributed by atoms with Gasteiger partial charge in [0.15, 0.2) is 34.9 Å². The minimum atomic E-state index is -1.65. The fourth-order valence-corrected chi connectivity index (χ4v) is 3.20. The van der Waals surface area contributed by atoms with Crippen LogP contribution in [0.1, 0.15) is 12.8 Å². The van der Waals surface area contributed by atoms with Crippen molar-refractivity contribution in [2.45, 2.75) is 12.8 Å². The first-order chi connectivity index (χ1) is 16.3. The summed E-state index contributed by atoms with van der Waals surface area (Å²) in [5, 5.41) is 0. The molecule has 3 aromatic rings. The van der Waals surface area contributed by atoms with Crippen molar-refractivity contribution in [2.75, 3.05) is 26.3 Å². The summed E-state index contributed by atoms with van der Waals surface area (Å²) in [5.74, 6) is -8.85. The van der Waals surface area contributed by atoms with Crippen LogP contribution < -0.4 is 20.9 Å². The SMILES string of the molecule is NCCCOc1cc(OCCCN)c(-c2cc(F)c(F)c(F)c2)cc1-c1cc(F)c(F)c(F)c1. The van der Waals surface area contributed by atoms with Crippen LogP contribution in [0.5, 0.6) is 11.5 Å². The Hall–Kier alpha value is -3.24. The van der Waals surface area contributed by atoms with E-state index in [1.807, 2.05) is 0 Å². The lowest BCUT2D eigenvalue weighted by molar-refractivity contribution is 0.299. The van der Waals surface area contributed by atoms with Gasteiger partial charge < -0.3 is 20.9 Å². The van der Waals surface area contributed by atoms with Gasteiger partial charge in [-0.25, -0.2) is 26.3 Å². The predicted molar refractivity (Wildman–Crippen MR) is 115 cm³/mol. The van der Waals surface area contributed by atoms with Crippen molar-refractivity contribution < 1.29 is 35.8 Å². The van der Waals surface area contributed by atoms with Crippen molar-refractivity contribution in [1.82, 2.24) is 0 Å². The Labute approximate surface area is 192 Å². The summed E-state index contributed by atoms with van der Waals surface area (Å²) in [4.78, 5) is 0. The molecule has 0 radical (unpaired) electrons. The third kappa shape index (κ3) is 5.63. The van der Waals surface area contributed by atoms with Crippen molar-refractivity contribution in [3.8, 4) is 33.8 Å². The predicted octanol–water partition coefficient (Wildman–Crippen LogP) is 5.31. The highest BCUT2D eigenvalue weighted by Gasteiger charge is 2.21. The second-order valence-electron chi connectivity index (χ2n) is 7.33. The molecule has 0 aliphatic heterocycles. The molecule has 34 heavy (non-hydrogen) atoms. The van der Waals surface area contributed by atoms with E-state index in [2.05, 4.69) is 0 Å². The molecule has 3 aromatic carbocycles. The van der Waals surface area contributed by atoms with Gasteiger partial charge in [-0.1, -0.05) is 0 Å². The molecule has 182 valence electrons. The number of benzene rings is 3. The highest BCUT2D eigenvalue weighted by Crippen LogP contribution is 2.42. The summed E-state index contributed by atoms with van der Waals surface area (Å²) < 4.78 is 94.4. The van der Waals surface area contributed by atoms with Crippen molar-refractivity contribution in [3.63, 3.8) is 0 Å². The molecular formula is C24H22F6N2O2. The molecule has 0 atom stereocenters. The van der Waals surface area contributed by atoms with Crippen LogP contribution in [0.15, 0.2) is 36.4 Å². The molecule has 0 saturated heterocycles. The number of ether oxygens (including phenoxy) is 2. The Kier molecular flexibility index (Phi) is 8.41. The first-order valence-corrected chi connectivity index (χ1v) is 10.4. The topological polar surface area (TPSA) is 70.5 Å². The number of halogens is 6. The molecule has 0 heterocycles. The van der Waals surface area contributed by atoms with Gasteiger partial charge in [0.05, 0.1) is 13.2 Å². The molecule has 4 nitrogen and oxygen atoms in total. The van der Waals surface area contributed by atoms with Gasteiger partial charge in [0.25, 0.3) is 0 Å². The van der Waals surface area contributed by atoms with Crippen LogP contribution in [-0.2, 0) is 0 Å². The monoisotopic (exact) mass is 484 g/mol. The number of rotatable bonds is 10. The smallest absolute Gasteiger partial charge is 0.194 e. The molecule has 4 N–H and O–H groups in total. The normalized spacial score (nSPS) is 11.1. The molecule has 10 heteroatoms. The quantitative estimate of drug-likeness (QED) is 0.233. The van der Waals surface area contributed by atoms with E-state index in [1.54, 1.807) is 0 Å². The lowest BCUT2D eigenvalue weighted by Crippen LogP contribution is -2.09. The van der Waals surface area contributed by atoms with Crippen LogP contribution in [0.25, 0.3) is 22.3 Å². The largest absolute Gasteiger partial charge is 0.493 e. The van der Waals surface area contributed by atoms with E-state index in [0.717, 1.165) is 24.3 Å². The van der Waals surface area contributed by atoms with Crippen LogP contribution >= 0.6 is 0 Å². The van der Waals surface area contributed by atoms with Crippen molar-refractivity contribution in [2.24, 2.45) is 11.5 Å². The highest BCUT2D eigenvalue weighted by molar-refractivity contribution is 5.82. The fraction of sp³-hybridized carbons (Fsp3) is 0.250. The maximum Gasteiger partial charge on any atom is 0.194 e. The van der Waals surface area contributed by atoms with E-state index in [0.29, 0.717) is 25.9 Å². The molecule has 0 aliphatic rings. The van der Waals surface area contributed by atoms with E-state index in [9.17, 15) is 26.3 Å². The minimum absolute atomic E-state index is 0.0844. The average Bonchev–Trinajstić information content (AvgIpc) is 2.80. The van der Waals surface area contributed by atoms with Crippen LogP contribution in [0, 0.1) is 34.9 Å². The lowest BCUT2D eigenvalue weighted by Gasteiger charge is -2.19. The standard InChI is InChI=1S/C24H22F6N2O2/c25-17-7-13(8-18(26)23(17)29)15-11-16(14-9-19(27)24(30)20(28)10-14)22(34-6-2-4-32)12-21(15)33-5-1-3-31/h7-12H,1-6,31-32H2. The Morgan fingerprint density at radius 2 is 0.882 bits per heavy atom. The number of hydrogen-bond donors (Lipinski definition) is 2. The molecule has 0 saturated carbocycles. The van der Waals surface area contributed by atoms with E-state index in [4.69, 9.17) is 20.9 Å². The van der Waals surface area contributed by atoms with Crippen LogP contribution in [0.4, 0.5) is 26.3 Å². The van der Waals surface area contributed by atoms with Crippen molar-refractivity contribution in [3.05, 3.63) is 71.3 Å². The van der Waals surface area contributed by atoms with Gasteiger partial charge in [0.2, 0.25) is 0 Å². The molecule has 0 aliphatic carbocycles. The molecule has 0 unspecified atom stereocenters. The Morgan fingerprint density at radius 1 is 0.529 bits per heavy atom. The van der Waals surface area contributed by atoms with Gasteiger partial charge in [-0.2, -0.15) is 0 Å². The second kappa shape index (κ2) is 11.3. The van der Waals surface area contributed by atoms with E-state index < -0.39 is 34.9 Å². The van der Waals surface area contributed by atoms with E-state index in [1.165, 1.54) is 12.1 Å². The summed E-state index contributed by atoms with van der Waals surface area (Å²) >= 11 is 0. The Bertz CT molecular complexity index is 1040. The number of hydrogen-bond acceptors (Lipinski definition) is 4. The maximum atomic E-state index is 14.0. The van der Waals surface area contributed by atoms with Crippen molar-refractivity contribution in [1.29, 1.82) is 0 Å². The lowest BCUT2D eigenvalue weighted by atomic mass is 9.96. The molecule has 0 spiro atoms. The average molecular weight is 484 g/mol. The molecule has 3 rings (SSSR count). The van der Waals surface area contributed by atoms with Gasteiger partial charge in [-0.05, 0) is 67.4 Å². The molecule has 0 amide bonds. The van der Waals surface area contributed by atoms with Gasteiger partial charge in [0.1, 0.15) is 11.5 Å². The summed E-state index contributed by atoms with van der Waals surface area (Å²) in [6, 6.07) is 5.72. The summed E-state index contributed by atoms with van der Waals surface area (Å²) in [7, 11) is 0. The van der Waals surface area contributed by atoms with Crippen LogP contribution in [0.3, 0.4) is 0 Å². The fourth-order valence-electron chi connectivity index (χ4n) is 3.20.